The van der Waals surface area contributed by atoms with E-state index in [1.165, 1.54) is 17.1 Å². The van der Waals surface area contributed by atoms with Crippen molar-refractivity contribution in [3.63, 3.8) is 0 Å². The molecule has 0 aromatic heterocycles. The average molecular weight is 391 g/mol. The molecule has 150 valence electrons. The Balaban J connectivity index is 1.65. The van der Waals surface area contributed by atoms with E-state index in [9.17, 15) is 23.9 Å². The van der Waals surface area contributed by atoms with E-state index in [1.807, 2.05) is 0 Å². The quantitative estimate of drug-likeness (QED) is 0.760. The summed E-state index contributed by atoms with van der Waals surface area (Å²) < 4.78 is 18.2. The zero-order chi connectivity index (χ0) is 20.1. The molecule has 2 heterocycles. The van der Waals surface area contributed by atoms with Gasteiger partial charge in [0.15, 0.2) is 0 Å². The third kappa shape index (κ3) is 4.53. The van der Waals surface area contributed by atoms with Crippen molar-refractivity contribution >= 4 is 23.5 Å². The lowest BCUT2D eigenvalue weighted by Gasteiger charge is -2.33. The number of aliphatic carboxylic acids is 1. The Labute approximate surface area is 161 Å². The molecule has 1 fully saturated rings. The van der Waals surface area contributed by atoms with Gasteiger partial charge in [-0.25, -0.2) is 9.40 Å². The minimum atomic E-state index is -1.05. The molecule has 1 aromatic carbocycles. The maximum atomic E-state index is 13.0. The van der Waals surface area contributed by atoms with Crippen LogP contribution in [0.25, 0.3) is 0 Å². The molecular weight excluding hydrogens is 369 g/mol. The van der Waals surface area contributed by atoms with Gasteiger partial charge in [-0.1, -0.05) is 12.1 Å². The fraction of sp³-hybridized carbons (Fsp3) is 0.474. The molecule has 0 spiro atoms. The first-order chi connectivity index (χ1) is 13.4. The van der Waals surface area contributed by atoms with Crippen LogP contribution in [0.1, 0.15) is 31.2 Å². The van der Waals surface area contributed by atoms with Gasteiger partial charge >= 0.3 is 5.97 Å². The number of hydrogen-bond acceptors (Lipinski definition) is 5. The van der Waals surface area contributed by atoms with E-state index in [1.54, 1.807) is 12.1 Å². The van der Waals surface area contributed by atoms with E-state index in [0.717, 1.165) is 0 Å². The molecule has 0 unspecified atom stereocenters. The van der Waals surface area contributed by atoms with Crippen molar-refractivity contribution in [1.29, 1.82) is 0 Å². The lowest BCUT2D eigenvalue weighted by Crippen LogP contribution is -2.48. The second-order valence-corrected chi connectivity index (χ2v) is 7.01. The molecule has 28 heavy (non-hydrogen) atoms. The Hall–Kier alpha value is -2.81. The van der Waals surface area contributed by atoms with Gasteiger partial charge in [0.05, 0.1) is 12.0 Å². The molecule has 3 rings (SSSR count). The highest BCUT2D eigenvalue weighted by molar-refractivity contribution is 6.39. The summed E-state index contributed by atoms with van der Waals surface area (Å²) in [6.07, 6.45) is 0.966. The number of rotatable bonds is 6. The van der Waals surface area contributed by atoms with Crippen molar-refractivity contribution in [1.82, 2.24) is 10.3 Å². The van der Waals surface area contributed by atoms with Crippen molar-refractivity contribution in [2.24, 2.45) is 10.5 Å². The number of nitrogens with zero attached hydrogens (tertiary/aromatic N) is 2. The van der Waals surface area contributed by atoms with Crippen molar-refractivity contribution in [3.8, 4) is 0 Å². The van der Waals surface area contributed by atoms with Gasteiger partial charge in [-0.05, 0) is 30.5 Å². The number of amides is 2. The zero-order valence-electron chi connectivity index (χ0n) is 15.3. The molecule has 9 heteroatoms. The monoisotopic (exact) mass is 391 g/mol. The molecule has 8 nitrogen and oxygen atoms in total. The smallest absolute Gasteiger partial charge is 0.311 e. The van der Waals surface area contributed by atoms with Gasteiger partial charge in [0, 0.05) is 32.6 Å². The third-order valence-corrected chi connectivity index (χ3v) is 5.10. The van der Waals surface area contributed by atoms with Crippen molar-refractivity contribution in [2.75, 3.05) is 19.8 Å². The van der Waals surface area contributed by atoms with E-state index in [-0.39, 0.29) is 43.4 Å². The van der Waals surface area contributed by atoms with Gasteiger partial charge < -0.3 is 15.2 Å². The summed E-state index contributed by atoms with van der Waals surface area (Å²) >= 11 is 0. The van der Waals surface area contributed by atoms with Crippen LogP contribution in [0.5, 0.6) is 0 Å². The molecule has 0 saturated carbocycles. The summed E-state index contributed by atoms with van der Waals surface area (Å²) in [4.78, 5) is 36.3. The number of nitrogens with one attached hydrogen (secondary N) is 1. The lowest BCUT2D eigenvalue weighted by molar-refractivity contribution is -0.154. The number of carbonyl (C=O) groups excluding carboxylic acids is 2. The minimum Gasteiger partial charge on any atom is -0.481 e. The predicted octanol–water partition coefficient (Wildman–Crippen LogP) is 1.30. The highest BCUT2D eigenvalue weighted by atomic mass is 19.1. The number of benzene rings is 1. The summed E-state index contributed by atoms with van der Waals surface area (Å²) in [6.45, 7) is 0.786. The van der Waals surface area contributed by atoms with Crippen LogP contribution in [-0.2, 0) is 25.7 Å². The van der Waals surface area contributed by atoms with Gasteiger partial charge in [0.1, 0.15) is 11.5 Å². The Morgan fingerprint density at radius 1 is 1.21 bits per heavy atom. The summed E-state index contributed by atoms with van der Waals surface area (Å²) in [5.74, 6) is -2.05. The van der Waals surface area contributed by atoms with E-state index >= 15 is 0 Å². The first kappa shape index (κ1) is 19.9. The first-order valence-corrected chi connectivity index (χ1v) is 9.11. The highest BCUT2D eigenvalue weighted by Crippen LogP contribution is 2.30. The maximum absolute atomic E-state index is 13.0. The third-order valence-electron chi connectivity index (χ3n) is 5.10. The topological polar surface area (TPSA) is 108 Å². The molecule has 2 aliphatic rings. The molecule has 0 aliphatic carbocycles. The number of carboxylic acids is 1. The van der Waals surface area contributed by atoms with Crippen LogP contribution in [0.15, 0.2) is 29.4 Å². The molecular formula is C19H22FN3O5. The van der Waals surface area contributed by atoms with E-state index in [4.69, 9.17) is 4.74 Å². The standard InChI is InChI=1S/C19H22FN3O5/c20-14-3-1-13(2-4-14)11-23-16(24)6-5-15(22-23)17(25)21-12-19(18(26)27)7-9-28-10-8-19/h1-4H,5-12H2,(H,21,25)(H,26,27). The predicted molar refractivity (Wildman–Crippen MR) is 96.8 cm³/mol. The second kappa shape index (κ2) is 8.47. The summed E-state index contributed by atoms with van der Waals surface area (Å²) in [6, 6.07) is 5.68. The SMILES string of the molecule is O=C(NCC1(C(=O)O)CCOCC1)C1=NN(Cc2ccc(F)cc2)C(=O)CC1. The first-order valence-electron chi connectivity index (χ1n) is 9.11. The number of carbonyl (C=O) groups is 3. The molecule has 1 aromatic rings. The number of hydrazone groups is 1. The Kier molecular flexibility index (Phi) is 6.03. The molecule has 2 aliphatic heterocycles. The van der Waals surface area contributed by atoms with Crippen LogP contribution in [0.3, 0.4) is 0 Å². The van der Waals surface area contributed by atoms with E-state index < -0.39 is 17.3 Å². The molecule has 2 N–H and O–H groups in total. The molecule has 0 atom stereocenters. The largest absolute Gasteiger partial charge is 0.481 e. The van der Waals surface area contributed by atoms with E-state index in [0.29, 0.717) is 31.6 Å². The fourth-order valence-electron chi connectivity index (χ4n) is 3.23. The van der Waals surface area contributed by atoms with Gasteiger partial charge in [-0.2, -0.15) is 5.10 Å². The van der Waals surface area contributed by atoms with E-state index in [2.05, 4.69) is 10.4 Å². The van der Waals surface area contributed by atoms with Crippen LogP contribution in [0, 0.1) is 11.2 Å². The van der Waals surface area contributed by atoms with Gasteiger partial charge in [0.2, 0.25) is 5.91 Å². The summed E-state index contributed by atoms with van der Waals surface area (Å²) in [7, 11) is 0. The maximum Gasteiger partial charge on any atom is 0.311 e. The van der Waals surface area contributed by atoms with Crippen molar-refractivity contribution in [2.45, 2.75) is 32.2 Å². The van der Waals surface area contributed by atoms with Gasteiger partial charge in [0.25, 0.3) is 5.91 Å². The van der Waals surface area contributed by atoms with Crippen LogP contribution in [0.4, 0.5) is 4.39 Å². The Morgan fingerprint density at radius 2 is 1.89 bits per heavy atom. The Bertz CT molecular complexity index is 787. The number of carboxylic acid groups (broad SMARTS) is 1. The molecule has 2 amide bonds. The lowest BCUT2D eigenvalue weighted by atomic mass is 9.80. The van der Waals surface area contributed by atoms with Crippen LogP contribution in [0.2, 0.25) is 0 Å². The summed E-state index contributed by atoms with van der Waals surface area (Å²) in [5.41, 5.74) is -0.186. The molecule has 1 saturated heterocycles. The summed E-state index contributed by atoms with van der Waals surface area (Å²) in [5, 5.41) is 17.5. The molecule has 0 bridgehead atoms. The fourth-order valence-corrected chi connectivity index (χ4v) is 3.23. The van der Waals surface area contributed by atoms with Crippen molar-refractivity contribution < 1.29 is 28.6 Å². The second-order valence-electron chi connectivity index (χ2n) is 7.01. The average Bonchev–Trinajstić information content (AvgIpc) is 2.70. The van der Waals surface area contributed by atoms with Gasteiger partial charge in [-0.15, -0.1) is 0 Å². The number of hydrogen-bond donors (Lipinski definition) is 2. The number of ether oxygens (including phenoxy) is 1. The zero-order valence-corrected chi connectivity index (χ0v) is 15.3. The van der Waals surface area contributed by atoms with Crippen LogP contribution >= 0.6 is 0 Å². The van der Waals surface area contributed by atoms with Crippen LogP contribution in [-0.4, -0.2) is 53.4 Å². The Morgan fingerprint density at radius 3 is 2.54 bits per heavy atom. The van der Waals surface area contributed by atoms with Gasteiger partial charge in [-0.3, -0.25) is 14.4 Å². The molecule has 0 radical (unpaired) electrons. The normalized spacial score (nSPS) is 19.1. The highest BCUT2D eigenvalue weighted by Gasteiger charge is 2.40. The minimum absolute atomic E-state index is 0.0184. The number of halogens is 1. The van der Waals surface area contributed by atoms with Crippen LogP contribution < -0.4 is 5.32 Å². The van der Waals surface area contributed by atoms with Crippen molar-refractivity contribution in [3.05, 3.63) is 35.6 Å².